The predicted molar refractivity (Wildman–Crippen MR) is 115 cm³/mol. The summed E-state index contributed by atoms with van der Waals surface area (Å²) in [7, 11) is 0. The van der Waals surface area contributed by atoms with Crippen LogP contribution in [0.5, 0.6) is 0 Å². The molecule has 0 spiro atoms. The zero-order valence-corrected chi connectivity index (χ0v) is 17.9. The second-order valence-corrected chi connectivity index (χ2v) is 8.51. The third-order valence-electron chi connectivity index (χ3n) is 5.08. The molecule has 0 bridgehead atoms. The largest absolute Gasteiger partial charge is 0.463 e. The maximum atomic E-state index is 10.8. The molecule has 0 aliphatic carbocycles. The molecule has 0 amide bonds. The van der Waals surface area contributed by atoms with Crippen molar-refractivity contribution in [3.8, 4) is 0 Å². The van der Waals surface area contributed by atoms with Crippen LogP contribution in [0.25, 0.3) is 0 Å². The molecule has 6 nitrogen and oxygen atoms in total. The van der Waals surface area contributed by atoms with Crippen LogP contribution in [-0.4, -0.2) is 48.7 Å². The molecule has 2 aromatic heterocycles. The Hall–Kier alpha value is -1.83. The summed E-state index contributed by atoms with van der Waals surface area (Å²) in [6.07, 6.45) is 2.53. The van der Waals surface area contributed by atoms with Crippen LogP contribution < -0.4 is 10.6 Å². The van der Waals surface area contributed by atoms with E-state index in [2.05, 4.69) is 38.0 Å². The van der Waals surface area contributed by atoms with Crippen LogP contribution in [0, 0.1) is 6.92 Å². The van der Waals surface area contributed by atoms with Gasteiger partial charge < -0.3 is 20.2 Å². The van der Waals surface area contributed by atoms with Crippen molar-refractivity contribution in [1.82, 2.24) is 15.5 Å². The number of aliphatic hydroxyl groups is 1. The Kier molecular flexibility index (Phi) is 7.15. The highest BCUT2D eigenvalue weighted by Gasteiger charge is 2.27. The van der Waals surface area contributed by atoms with Crippen LogP contribution in [-0.2, 0) is 5.60 Å². The van der Waals surface area contributed by atoms with E-state index in [1.54, 1.807) is 18.3 Å². The highest BCUT2D eigenvalue weighted by atomic mass is 32.1. The average Bonchev–Trinajstić information content (AvgIpc) is 3.42. The van der Waals surface area contributed by atoms with Crippen molar-refractivity contribution in [3.05, 3.63) is 46.0 Å². The van der Waals surface area contributed by atoms with Crippen molar-refractivity contribution in [2.24, 2.45) is 4.99 Å². The van der Waals surface area contributed by atoms with Gasteiger partial charge >= 0.3 is 0 Å². The van der Waals surface area contributed by atoms with E-state index in [0.717, 1.165) is 31.9 Å². The Bertz CT molecular complexity index is 748. The summed E-state index contributed by atoms with van der Waals surface area (Å²) in [6.45, 7) is 9.71. The molecular formula is C21H32N4O2S. The van der Waals surface area contributed by atoms with Gasteiger partial charge in [0.15, 0.2) is 5.96 Å². The lowest BCUT2D eigenvalue weighted by molar-refractivity contribution is 0.0428. The zero-order valence-electron chi connectivity index (χ0n) is 17.1. The van der Waals surface area contributed by atoms with Gasteiger partial charge in [-0.2, -0.15) is 0 Å². The van der Waals surface area contributed by atoms with Crippen LogP contribution in [0.2, 0.25) is 0 Å². The van der Waals surface area contributed by atoms with Gasteiger partial charge in [-0.05, 0) is 70.3 Å². The number of nitrogens with zero attached hydrogens (tertiary/aromatic N) is 2. The maximum absolute atomic E-state index is 10.8. The molecule has 2 unspecified atom stereocenters. The summed E-state index contributed by atoms with van der Waals surface area (Å²) >= 11 is 1.81. The summed E-state index contributed by atoms with van der Waals surface area (Å²) in [5, 5.41) is 19.7. The number of hydrogen-bond donors (Lipinski definition) is 3. The van der Waals surface area contributed by atoms with Crippen molar-refractivity contribution in [3.63, 3.8) is 0 Å². The zero-order chi connectivity index (χ0) is 20.0. The quantitative estimate of drug-likeness (QED) is 0.465. The number of aliphatic imine (C=N–C) groups is 1. The lowest BCUT2D eigenvalue weighted by Gasteiger charge is -2.28. The standard InChI is InChI=1S/C21H32N4O2S/c1-4-22-20(24-15-21(3,26)19-10-9-16(2)27-19)23-14-17(18-8-7-13-28-18)25-11-5-6-12-25/h7-10,13,17,26H,4-6,11-12,14-15H2,1-3H3,(H2,22,23,24). The van der Waals surface area contributed by atoms with Gasteiger partial charge in [0.2, 0.25) is 0 Å². The monoisotopic (exact) mass is 404 g/mol. The fourth-order valence-electron chi connectivity index (χ4n) is 3.51. The Morgan fingerprint density at radius 1 is 1.32 bits per heavy atom. The molecule has 2 atom stereocenters. The number of rotatable bonds is 8. The minimum atomic E-state index is -1.14. The number of hydrogen-bond acceptors (Lipinski definition) is 5. The number of nitrogens with one attached hydrogen (secondary N) is 2. The summed E-state index contributed by atoms with van der Waals surface area (Å²) < 4.78 is 5.59. The molecule has 0 saturated carbocycles. The van der Waals surface area contributed by atoms with Gasteiger partial charge in [0.25, 0.3) is 0 Å². The van der Waals surface area contributed by atoms with Crippen LogP contribution >= 0.6 is 11.3 Å². The number of furan rings is 1. The normalized spacial score (nSPS) is 18.8. The molecule has 1 fully saturated rings. The number of thiophene rings is 1. The molecule has 3 rings (SSSR count). The Labute approximate surface area is 171 Å². The molecule has 1 aliphatic rings. The van der Waals surface area contributed by atoms with Gasteiger partial charge in [-0.25, -0.2) is 4.99 Å². The second-order valence-electron chi connectivity index (χ2n) is 7.53. The Morgan fingerprint density at radius 3 is 2.71 bits per heavy atom. The second kappa shape index (κ2) is 9.58. The Morgan fingerprint density at radius 2 is 2.11 bits per heavy atom. The van der Waals surface area contributed by atoms with E-state index in [1.807, 2.05) is 26.0 Å². The molecule has 7 heteroatoms. The third kappa shape index (κ3) is 5.37. The number of guanidine groups is 1. The molecule has 3 N–H and O–H groups in total. The first-order valence-electron chi connectivity index (χ1n) is 10.1. The first-order chi connectivity index (χ1) is 13.5. The summed E-state index contributed by atoms with van der Waals surface area (Å²) in [5.74, 6) is 2.04. The lowest BCUT2D eigenvalue weighted by atomic mass is 10.0. The van der Waals surface area contributed by atoms with Crippen molar-refractivity contribution in [2.75, 3.05) is 32.7 Å². The van der Waals surface area contributed by atoms with Gasteiger partial charge in [-0.3, -0.25) is 4.90 Å². The maximum Gasteiger partial charge on any atom is 0.191 e. The van der Waals surface area contributed by atoms with E-state index >= 15 is 0 Å². The van der Waals surface area contributed by atoms with Crippen molar-refractivity contribution in [1.29, 1.82) is 0 Å². The van der Waals surface area contributed by atoms with Crippen molar-refractivity contribution < 1.29 is 9.52 Å². The highest BCUT2D eigenvalue weighted by molar-refractivity contribution is 7.10. The van der Waals surface area contributed by atoms with Crippen molar-refractivity contribution in [2.45, 2.75) is 45.3 Å². The molecule has 3 heterocycles. The molecule has 0 aromatic carbocycles. The SMILES string of the molecule is CCNC(=NCC(C)(O)c1ccc(C)o1)NCC(c1cccs1)N1CCCC1. The molecule has 2 aromatic rings. The molecule has 1 aliphatic heterocycles. The smallest absolute Gasteiger partial charge is 0.191 e. The fourth-order valence-corrected chi connectivity index (χ4v) is 4.37. The van der Waals surface area contributed by atoms with Gasteiger partial charge in [0.05, 0.1) is 12.6 Å². The number of likely N-dealkylation sites (tertiary alicyclic amines) is 1. The average molecular weight is 405 g/mol. The summed E-state index contributed by atoms with van der Waals surface area (Å²) in [4.78, 5) is 8.54. The third-order valence-corrected chi connectivity index (χ3v) is 6.05. The van der Waals surface area contributed by atoms with Gasteiger partial charge in [0.1, 0.15) is 17.1 Å². The van der Waals surface area contributed by atoms with E-state index in [4.69, 9.17) is 4.42 Å². The van der Waals surface area contributed by atoms with Crippen LogP contribution in [0.15, 0.2) is 39.1 Å². The van der Waals surface area contributed by atoms with Crippen LogP contribution in [0.4, 0.5) is 0 Å². The van der Waals surface area contributed by atoms with Gasteiger partial charge in [0, 0.05) is 18.0 Å². The predicted octanol–water partition coefficient (Wildman–Crippen LogP) is 3.25. The lowest BCUT2D eigenvalue weighted by Crippen LogP contribution is -2.43. The molecule has 154 valence electrons. The van der Waals surface area contributed by atoms with E-state index in [1.165, 1.54) is 17.7 Å². The summed E-state index contributed by atoms with van der Waals surface area (Å²) in [5.41, 5.74) is -1.14. The Balaban J connectivity index is 1.66. The van der Waals surface area contributed by atoms with Gasteiger partial charge in [-0.15, -0.1) is 11.3 Å². The van der Waals surface area contributed by atoms with Crippen LogP contribution in [0.1, 0.15) is 49.1 Å². The van der Waals surface area contributed by atoms with E-state index in [-0.39, 0.29) is 6.54 Å². The van der Waals surface area contributed by atoms with Gasteiger partial charge in [-0.1, -0.05) is 6.07 Å². The first-order valence-corrected chi connectivity index (χ1v) is 11.0. The fraction of sp³-hybridized carbons (Fsp3) is 0.571. The van der Waals surface area contributed by atoms with Crippen molar-refractivity contribution >= 4 is 17.3 Å². The minimum absolute atomic E-state index is 0.225. The van der Waals surface area contributed by atoms with E-state index in [0.29, 0.717) is 17.8 Å². The molecular weight excluding hydrogens is 372 g/mol. The minimum Gasteiger partial charge on any atom is -0.463 e. The summed E-state index contributed by atoms with van der Waals surface area (Å²) in [6, 6.07) is 8.35. The topological polar surface area (TPSA) is 73.0 Å². The highest BCUT2D eigenvalue weighted by Crippen LogP contribution is 2.28. The first kappa shape index (κ1) is 20.9. The van der Waals surface area contributed by atoms with Crippen LogP contribution in [0.3, 0.4) is 0 Å². The van der Waals surface area contributed by atoms with E-state index < -0.39 is 5.60 Å². The van der Waals surface area contributed by atoms with E-state index in [9.17, 15) is 5.11 Å². The molecule has 0 radical (unpaired) electrons. The molecule has 1 saturated heterocycles. The number of aryl methyl sites for hydroxylation is 1. The molecule has 28 heavy (non-hydrogen) atoms.